The van der Waals surface area contributed by atoms with Crippen LogP contribution in [-0.2, 0) is 34.7 Å². The van der Waals surface area contributed by atoms with Crippen LogP contribution >= 0.6 is 13.0 Å². The summed E-state index contributed by atoms with van der Waals surface area (Å²) in [6, 6.07) is 3.07. The summed E-state index contributed by atoms with van der Waals surface area (Å²) in [5.74, 6) is -1.11. The van der Waals surface area contributed by atoms with Crippen LogP contribution in [0.1, 0.15) is 53.1 Å². The fraction of sp³-hybridized carbons (Fsp3) is 0.346. The zero-order valence-corrected chi connectivity index (χ0v) is 20.6. The van der Waals surface area contributed by atoms with Crippen LogP contribution in [0, 0.1) is 12.7 Å². The number of hydrogen-bond donors (Lipinski definition) is 3. The Kier molecular flexibility index (Phi) is 6.01. The SMILES string of the molecule is CCC1(O)C(=O)OCc2c1cc1n(c2=O)Cc2c-1nc1cc(F)c(C)c3c1c2/C(=C/CO)CC3.FS. The van der Waals surface area contributed by atoms with E-state index in [0.29, 0.717) is 35.3 Å². The van der Waals surface area contributed by atoms with Crippen LogP contribution in [0.4, 0.5) is 8.28 Å². The third kappa shape index (κ3) is 3.21. The largest absolute Gasteiger partial charge is 0.458 e. The van der Waals surface area contributed by atoms with Gasteiger partial charge in [-0.3, -0.25) is 4.79 Å². The number of hydrogen-bond acceptors (Lipinski definition) is 7. The number of nitrogens with zero attached hydrogens (tertiary/aromatic N) is 2. The highest BCUT2D eigenvalue weighted by Gasteiger charge is 2.45. The summed E-state index contributed by atoms with van der Waals surface area (Å²) in [6.07, 6.45) is 3.10. The number of thiol groups is 1. The van der Waals surface area contributed by atoms with Gasteiger partial charge in [0.2, 0.25) is 0 Å². The lowest BCUT2D eigenvalue weighted by Gasteiger charge is -2.31. The molecule has 1 aliphatic carbocycles. The predicted octanol–water partition coefficient (Wildman–Crippen LogP) is 3.65. The van der Waals surface area contributed by atoms with Gasteiger partial charge >= 0.3 is 5.97 Å². The van der Waals surface area contributed by atoms with Gasteiger partial charge in [-0.15, -0.1) is 0 Å². The van der Waals surface area contributed by atoms with Crippen molar-refractivity contribution in [2.75, 3.05) is 6.61 Å². The number of allylic oxidation sites excluding steroid dienone is 1. The van der Waals surface area contributed by atoms with Crippen molar-refractivity contribution in [1.82, 2.24) is 9.55 Å². The van der Waals surface area contributed by atoms with Crippen molar-refractivity contribution >= 4 is 35.5 Å². The second kappa shape index (κ2) is 8.79. The number of aryl methyl sites for hydroxylation is 1. The number of fused-ring (bicyclic) bond motifs is 5. The van der Waals surface area contributed by atoms with E-state index < -0.39 is 11.6 Å². The molecule has 0 spiro atoms. The predicted molar refractivity (Wildman–Crippen MR) is 133 cm³/mol. The fourth-order valence-corrected chi connectivity index (χ4v) is 5.75. The first-order valence-corrected chi connectivity index (χ1v) is 11.9. The van der Waals surface area contributed by atoms with Gasteiger partial charge in [0, 0.05) is 35.6 Å². The van der Waals surface area contributed by atoms with E-state index in [-0.39, 0.29) is 48.7 Å². The molecule has 0 fully saturated rings. The maximum atomic E-state index is 14.8. The molecular formula is C26H24F2N2O5S. The highest BCUT2D eigenvalue weighted by atomic mass is 32.1. The van der Waals surface area contributed by atoms with E-state index in [0.717, 1.165) is 27.6 Å². The van der Waals surface area contributed by atoms with Gasteiger partial charge in [-0.25, -0.2) is 14.2 Å². The molecule has 36 heavy (non-hydrogen) atoms. The Labute approximate surface area is 210 Å². The van der Waals surface area contributed by atoms with Crippen LogP contribution in [0.5, 0.6) is 0 Å². The lowest BCUT2D eigenvalue weighted by atomic mass is 9.81. The Morgan fingerprint density at radius 3 is 2.67 bits per heavy atom. The number of carbonyl (C=O) groups excluding carboxylic acids is 1. The Morgan fingerprint density at radius 1 is 1.22 bits per heavy atom. The third-order valence-electron chi connectivity index (χ3n) is 7.61. The third-order valence-corrected chi connectivity index (χ3v) is 7.61. The van der Waals surface area contributed by atoms with E-state index >= 15 is 0 Å². The summed E-state index contributed by atoms with van der Waals surface area (Å²) in [5.41, 5.74) is 3.89. The number of rotatable bonds is 2. The normalized spacial score (nSPS) is 20.4. The van der Waals surface area contributed by atoms with E-state index in [1.807, 2.05) is 13.0 Å². The first-order chi connectivity index (χ1) is 17.3. The quantitative estimate of drug-likeness (QED) is 0.279. The zero-order chi connectivity index (χ0) is 25.9. The van der Waals surface area contributed by atoms with Crippen LogP contribution in [0.2, 0.25) is 0 Å². The van der Waals surface area contributed by atoms with Crippen LogP contribution in [0.15, 0.2) is 23.0 Å². The summed E-state index contributed by atoms with van der Waals surface area (Å²) < 4.78 is 30.7. The first-order valence-electron chi connectivity index (χ1n) is 11.6. The lowest BCUT2D eigenvalue weighted by molar-refractivity contribution is -0.172. The van der Waals surface area contributed by atoms with Crippen molar-refractivity contribution in [3.8, 4) is 11.4 Å². The van der Waals surface area contributed by atoms with Crippen molar-refractivity contribution in [1.29, 1.82) is 0 Å². The molecule has 2 aliphatic heterocycles. The van der Waals surface area contributed by atoms with E-state index in [1.54, 1.807) is 30.6 Å². The molecule has 1 unspecified atom stereocenters. The number of aromatic nitrogens is 2. The van der Waals surface area contributed by atoms with Gasteiger partial charge < -0.3 is 19.5 Å². The van der Waals surface area contributed by atoms with Crippen molar-refractivity contribution in [2.24, 2.45) is 0 Å². The molecule has 0 radical (unpaired) electrons. The van der Waals surface area contributed by atoms with Gasteiger partial charge in [0.1, 0.15) is 12.4 Å². The summed E-state index contributed by atoms with van der Waals surface area (Å²) in [5, 5.41) is 21.6. The molecule has 3 aromatic rings. The van der Waals surface area contributed by atoms with Gasteiger partial charge in [-0.2, -0.15) is 3.89 Å². The maximum absolute atomic E-state index is 14.8. The average Bonchev–Trinajstić information content (AvgIpc) is 3.25. The molecule has 0 amide bonds. The number of pyridine rings is 2. The van der Waals surface area contributed by atoms with Crippen molar-refractivity contribution < 1.29 is 28.0 Å². The zero-order valence-electron chi connectivity index (χ0n) is 19.7. The minimum atomic E-state index is -1.91. The second-order valence-corrected chi connectivity index (χ2v) is 9.19. The van der Waals surface area contributed by atoms with Gasteiger partial charge in [-0.1, -0.05) is 13.0 Å². The second-order valence-electron chi connectivity index (χ2n) is 9.19. The monoisotopic (exact) mass is 514 g/mol. The average molecular weight is 515 g/mol. The van der Waals surface area contributed by atoms with Crippen LogP contribution in [0.3, 0.4) is 0 Å². The topological polar surface area (TPSA) is 102 Å². The number of cyclic esters (lactones) is 1. The molecule has 1 aromatic carbocycles. The lowest BCUT2D eigenvalue weighted by Crippen LogP contribution is -2.44. The highest BCUT2D eigenvalue weighted by molar-refractivity contribution is 7.74. The molecule has 0 saturated carbocycles. The standard InChI is InChI=1S/C26H23FN2O5.FHS/c1-3-26(33)17-8-20-23-15(10-29(20)24(31)16(17)11-34-25(26)32)21-13(6-7-30)4-5-14-12(2)18(27)9-19(28-23)22(14)21;1-2/h6,8-9,30,33H,3-5,7,10-11H2,1-2H3;2H/b13-6+;. The van der Waals surface area contributed by atoms with Gasteiger partial charge in [0.05, 0.1) is 35.6 Å². The van der Waals surface area contributed by atoms with Crippen LogP contribution in [0.25, 0.3) is 27.9 Å². The van der Waals surface area contributed by atoms with Crippen LogP contribution < -0.4 is 5.56 Å². The number of benzene rings is 1. The Balaban J connectivity index is 0.00000130. The Morgan fingerprint density at radius 2 is 1.97 bits per heavy atom. The molecule has 2 aromatic heterocycles. The molecule has 10 heteroatoms. The summed E-state index contributed by atoms with van der Waals surface area (Å²) in [4.78, 5) is 30.7. The molecular weight excluding hydrogens is 490 g/mol. The number of aliphatic hydroxyl groups is 2. The molecule has 3 aliphatic rings. The molecule has 4 heterocycles. The highest BCUT2D eigenvalue weighted by Crippen LogP contribution is 2.46. The van der Waals surface area contributed by atoms with Crippen molar-refractivity contribution in [2.45, 2.75) is 51.9 Å². The van der Waals surface area contributed by atoms with E-state index in [4.69, 9.17) is 9.72 Å². The number of carbonyl (C=O) groups is 1. The summed E-state index contributed by atoms with van der Waals surface area (Å²) in [7, 11) is 0. The summed E-state index contributed by atoms with van der Waals surface area (Å²) >= 11 is 2.03. The minimum absolute atomic E-state index is 0.0578. The smallest absolute Gasteiger partial charge is 0.343 e. The molecule has 1 atom stereocenters. The molecule has 2 N–H and O–H groups in total. The number of esters is 1. The molecule has 7 nitrogen and oxygen atoms in total. The van der Waals surface area contributed by atoms with Crippen molar-refractivity contribution in [3.63, 3.8) is 0 Å². The molecule has 0 saturated heterocycles. The fourth-order valence-electron chi connectivity index (χ4n) is 5.75. The van der Waals surface area contributed by atoms with Crippen LogP contribution in [-0.4, -0.2) is 32.3 Å². The van der Waals surface area contributed by atoms with Gasteiger partial charge in [-0.05, 0) is 54.5 Å². The Bertz CT molecular complexity index is 1550. The molecule has 6 rings (SSSR count). The number of ether oxygens (including phenoxy) is 1. The maximum Gasteiger partial charge on any atom is 0.343 e. The minimum Gasteiger partial charge on any atom is -0.458 e. The van der Waals surface area contributed by atoms with E-state index in [1.165, 1.54) is 6.07 Å². The number of aliphatic hydroxyl groups excluding tert-OH is 1. The van der Waals surface area contributed by atoms with Crippen molar-refractivity contribution in [3.05, 3.63) is 67.8 Å². The van der Waals surface area contributed by atoms with E-state index in [9.17, 15) is 28.1 Å². The van der Waals surface area contributed by atoms with Gasteiger partial charge in [0.15, 0.2) is 5.60 Å². The molecule has 188 valence electrons. The Hall–Kier alpha value is -3.08. The number of halogens is 2. The van der Waals surface area contributed by atoms with Gasteiger partial charge in [0.25, 0.3) is 5.56 Å². The van der Waals surface area contributed by atoms with E-state index in [2.05, 4.69) is 0 Å². The summed E-state index contributed by atoms with van der Waals surface area (Å²) in [6.45, 7) is 3.35. The molecule has 0 bridgehead atoms. The first kappa shape index (κ1) is 24.6.